The number of hydrogen-bond donors (Lipinski definition) is 1. The molecule has 0 spiro atoms. The third kappa shape index (κ3) is 3.33. The highest BCUT2D eigenvalue weighted by molar-refractivity contribution is 6.29. The summed E-state index contributed by atoms with van der Waals surface area (Å²) in [6.45, 7) is 2.35. The maximum absolute atomic E-state index is 14.1. The van der Waals surface area contributed by atoms with E-state index < -0.39 is 11.9 Å². The zero-order chi connectivity index (χ0) is 16.3. The summed E-state index contributed by atoms with van der Waals surface area (Å²) in [5.41, 5.74) is 1.04. The number of amides is 1. The number of carboxylic acid groups (broad SMARTS) is 1. The molecule has 2 aromatic heterocycles. The van der Waals surface area contributed by atoms with E-state index in [9.17, 15) is 9.18 Å². The zero-order valence-electron chi connectivity index (χ0n) is 12.1. The Morgan fingerprint density at radius 3 is 2.86 bits per heavy atom. The first-order chi connectivity index (χ1) is 10.4. The fourth-order valence-corrected chi connectivity index (χ4v) is 2.21. The van der Waals surface area contributed by atoms with Crippen LogP contribution < -0.4 is 0 Å². The maximum Gasteiger partial charge on any atom is 0.407 e. The van der Waals surface area contributed by atoms with Gasteiger partial charge in [0.15, 0.2) is 11.0 Å². The van der Waals surface area contributed by atoms with Gasteiger partial charge >= 0.3 is 6.09 Å². The fraction of sp³-hybridized carbons (Fsp3) is 0.385. The van der Waals surface area contributed by atoms with E-state index in [1.54, 1.807) is 14.0 Å². The molecule has 0 aliphatic carbocycles. The molecule has 0 fully saturated rings. The molecular weight excluding hydrogens is 313 g/mol. The summed E-state index contributed by atoms with van der Waals surface area (Å²) in [5, 5.41) is 17.1. The molecule has 0 unspecified atom stereocenters. The molecule has 9 heteroatoms. The Labute approximate surface area is 131 Å². The number of hydrogen-bond acceptors (Lipinski definition) is 4. The number of pyridine rings is 1. The number of nitrogens with zero attached hydrogens (tertiary/aromatic N) is 5. The largest absolute Gasteiger partial charge is 0.465 e. The molecule has 0 saturated heterocycles. The van der Waals surface area contributed by atoms with Crippen LogP contribution in [0.25, 0.3) is 11.3 Å². The van der Waals surface area contributed by atoms with Crippen molar-refractivity contribution < 1.29 is 14.3 Å². The number of aryl methyl sites for hydroxylation is 1. The molecule has 0 radical (unpaired) electrons. The van der Waals surface area contributed by atoms with Gasteiger partial charge in [0.05, 0.1) is 5.69 Å². The van der Waals surface area contributed by atoms with Crippen molar-refractivity contribution in [3.63, 3.8) is 0 Å². The van der Waals surface area contributed by atoms with E-state index in [0.29, 0.717) is 24.4 Å². The van der Waals surface area contributed by atoms with Crippen molar-refractivity contribution in [2.75, 3.05) is 13.1 Å². The minimum atomic E-state index is -1.01. The summed E-state index contributed by atoms with van der Waals surface area (Å²) in [4.78, 5) is 17.2. The van der Waals surface area contributed by atoms with Gasteiger partial charge in [0.1, 0.15) is 5.69 Å². The highest BCUT2D eigenvalue weighted by Crippen LogP contribution is 2.26. The number of carbonyl (C=O) groups is 1. The van der Waals surface area contributed by atoms with Gasteiger partial charge < -0.3 is 10.0 Å². The first-order valence-corrected chi connectivity index (χ1v) is 7.00. The Hall–Kier alpha value is -2.22. The third-order valence-electron chi connectivity index (χ3n) is 3.16. The molecule has 0 aliphatic rings. The zero-order valence-corrected chi connectivity index (χ0v) is 12.9. The van der Waals surface area contributed by atoms with Crippen molar-refractivity contribution in [1.82, 2.24) is 24.9 Å². The average molecular weight is 328 g/mol. The van der Waals surface area contributed by atoms with E-state index >= 15 is 0 Å². The number of halogens is 2. The van der Waals surface area contributed by atoms with Crippen LogP contribution in [0, 0.1) is 5.82 Å². The van der Waals surface area contributed by atoms with Crippen LogP contribution in [-0.2, 0) is 13.5 Å². The number of aromatic nitrogens is 4. The second-order valence-electron chi connectivity index (χ2n) is 4.56. The minimum absolute atomic E-state index is 0.196. The summed E-state index contributed by atoms with van der Waals surface area (Å²) < 4.78 is 14.1. The molecule has 1 amide bonds. The van der Waals surface area contributed by atoms with Crippen molar-refractivity contribution >= 4 is 17.7 Å². The van der Waals surface area contributed by atoms with Gasteiger partial charge in [0.25, 0.3) is 0 Å². The molecule has 7 nitrogen and oxygen atoms in total. The lowest BCUT2D eigenvalue weighted by Gasteiger charge is -2.15. The average Bonchev–Trinajstić information content (AvgIpc) is 2.83. The van der Waals surface area contributed by atoms with Crippen LogP contribution in [0.1, 0.15) is 12.6 Å². The highest BCUT2D eigenvalue weighted by atomic mass is 35.5. The van der Waals surface area contributed by atoms with Gasteiger partial charge in [-0.25, -0.2) is 14.2 Å². The second-order valence-corrected chi connectivity index (χ2v) is 4.92. The lowest BCUT2D eigenvalue weighted by molar-refractivity contribution is 0.148. The lowest BCUT2D eigenvalue weighted by Crippen LogP contribution is -2.31. The van der Waals surface area contributed by atoms with Crippen LogP contribution in [-0.4, -0.2) is 49.2 Å². The normalized spacial score (nSPS) is 10.7. The molecule has 0 saturated carbocycles. The number of rotatable bonds is 5. The quantitative estimate of drug-likeness (QED) is 0.851. The Kier molecular flexibility index (Phi) is 4.92. The molecule has 0 atom stereocenters. The summed E-state index contributed by atoms with van der Waals surface area (Å²) in [7, 11) is 1.61. The van der Waals surface area contributed by atoms with E-state index in [1.165, 1.54) is 22.0 Å². The minimum Gasteiger partial charge on any atom is -0.465 e. The monoisotopic (exact) mass is 327 g/mol. The summed E-state index contributed by atoms with van der Waals surface area (Å²) in [6.07, 6.45) is 0.698. The van der Waals surface area contributed by atoms with E-state index in [4.69, 9.17) is 16.7 Å². The molecule has 22 heavy (non-hydrogen) atoms. The van der Waals surface area contributed by atoms with Gasteiger partial charge in [-0.15, -0.1) is 0 Å². The predicted octanol–water partition coefficient (Wildman–Crippen LogP) is 2.21. The first-order valence-electron chi connectivity index (χ1n) is 6.62. The Morgan fingerprint density at radius 1 is 1.50 bits per heavy atom. The first kappa shape index (κ1) is 16.2. The van der Waals surface area contributed by atoms with Gasteiger partial charge in [-0.1, -0.05) is 11.6 Å². The Morgan fingerprint density at radius 2 is 2.23 bits per heavy atom. The molecule has 118 valence electrons. The second kappa shape index (κ2) is 6.69. The smallest absolute Gasteiger partial charge is 0.407 e. The van der Waals surface area contributed by atoms with Crippen molar-refractivity contribution in [3.05, 3.63) is 28.9 Å². The SMILES string of the molecule is CCN(CCc1nn(C)nc1-c1ccnc(Cl)c1F)C(=O)O. The standard InChI is InChI=1S/C13H15ClFN5O2/c1-3-20(13(21)22)7-5-9-11(18-19(2)17-9)8-4-6-16-12(14)10(8)15/h4,6H,3,5,7H2,1-2H3,(H,21,22). The van der Waals surface area contributed by atoms with Gasteiger partial charge in [-0.05, 0) is 13.0 Å². The van der Waals surface area contributed by atoms with Crippen LogP contribution in [0.3, 0.4) is 0 Å². The van der Waals surface area contributed by atoms with Crippen molar-refractivity contribution in [2.45, 2.75) is 13.3 Å². The van der Waals surface area contributed by atoms with Crippen LogP contribution >= 0.6 is 11.6 Å². The topological polar surface area (TPSA) is 84.1 Å². The van der Waals surface area contributed by atoms with Crippen LogP contribution in [0.4, 0.5) is 9.18 Å². The molecular formula is C13H15ClFN5O2. The van der Waals surface area contributed by atoms with Crippen LogP contribution in [0.2, 0.25) is 5.15 Å². The van der Waals surface area contributed by atoms with Crippen molar-refractivity contribution in [1.29, 1.82) is 0 Å². The Balaban J connectivity index is 2.31. The van der Waals surface area contributed by atoms with Crippen molar-refractivity contribution in [3.8, 4) is 11.3 Å². The van der Waals surface area contributed by atoms with Crippen molar-refractivity contribution in [2.24, 2.45) is 7.05 Å². The summed E-state index contributed by atoms with van der Waals surface area (Å²) >= 11 is 5.69. The highest BCUT2D eigenvalue weighted by Gasteiger charge is 2.19. The van der Waals surface area contributed by atoms with Gasteiger partial charge in [0, 0.05) is 38.3 Å². The van der Waals surface area contributed by atoms with E-state index in [1.807, 2.05) is 0 Å². The maximum atomic E-state index is 14.1. The van der Waals surface area contributed by atoms with Crippen LogP contribution in [0.5, 0.6) is 0 Å². The van der Waals surface area contributed by atoms with Gasteiger partial charge in [0.2, 0.25) is 0 Å². The molecule has 2 rings (SSSR count). The molecule has 2 aromatic rings. The van der Waals surface area contributed by atoms with Gasteiger partial charge in [-0.3, -0.25) is 0 Å². The Bertz CT molecular complexity index is 691. The lowest BCUT2D eigenvalue weighted by atomic mass is 10.1. The molecule has 0 aliphatic heterocycles. The molecule has 2 heterocycles. The number of likely N-dealkylation sites (N-methyl/N-ethyl adjacent to an activating group) is 1. The predicted molar refractivity (Wildman–Crippen MR) is 78.2 cm³/mol. The van der Waals surface area contributed by atoms with E-state index in [0.717, 1.165) is 0 Å². The van der Waals surface area contributed by atoms with Gasteiger partial charge in [-0.2, -0.15) is 15.0 Å². The third-order valence-corrected chi connectivity index (χ3v) is 3.42. The fourth-order valence-electron chi connectivity index (χ4n) is 2.06. The molecule has 0 bridgehead atoms. The summed E-state index contributed by atoms with van der Waals surface area (Å²) in [6, 6.07) is 1.46. The molecule has 1 N–H and O–H groups in total. The van der Waals surface area contributed by atoms with E-state index in [2.05, 4.69) is 15.2 Å². The van der Waals surface area contributed by atoms with Crippen LogP contribution in [0.15, 0.2) is 12.3 Å². The van der Waals surface area contributed by atoms with E-state index in [-0.39, 0.29) is 17.3 Å². The summed E-state index contributed by atoms with van der Waals surface area (Å²) in [5.74, 6) is -0.670. The molecule has 0 aromatic carbocycles.